The van der Waals surface area contributed by atoms with Crippen molar-refractivity contribution in [3.63, 3.8) is 0 Å². The van der Waals surface area contributed by atoms with Crippen LogP contribution in [0.15, 0.2) is 40.1 Å². The van der Waals surface area contributed by atoms with Gasteiger partial charge in [0.1, 0.15) is 5.82 Å². The van der Waals surface area contributed by atoms with Gasteiger partial charge < -0.3 is 5.73 Å². The molecule has 6 nitrogen and oxygen atoms in total. The Hall–Kier alpha value is -2.37. The van der Waals surface area contributed by atoms with Gasteiger partial charge in [0.25, 0.3) is 5.56 Å². The van der Waals surface area contributed by atoms with Gasteiger partial charge in [-0.2, -0.15) is 0 Å². The Morgan fingerprint density at radius 3 is 2.76 bits per heavy atom. The molecule has 0 aliphatic heterocycles. The van der Waals surface area contributed by atoms with Gasteiger partial charge in [-0.25, -0.2) is 4.79 Å². The molecule has 0 aliphatic rings. The van der Waals surface area contributed by atoms with Crippen molar-refractivity contribution in [2.75, 3.05) is 5.73 Å². The maximum atomic E-state index is 11.7. The van der Waals surface area contributed by atoms with Crippen molar-refractivity contribution in [1.82, 2.24) is 14.5 Å². The number of nitrogen functional groups attached to an aromatic ring is 1. The number of anilines is 1. The average molecular weight is 232 g/mol. The number of nitrogens with zero attached hydrogens (tertiary/aromatic N) is 2. The number of rotatable bonds is 2. The normalized spacial score (nSPS) is 12.3. The third-order valence-corrected chi connectivity index (χ3v) is 2.51. The number of hydrogen-bond acceptors (Lipinski definition) is 4. The lowest BCUT2D eigenvalue weighted by Gasteiger charge is -2.15. The fourth-order valence-electron chi connectivity index (χ4n) is 1.68. The minimum absolute atomic E-state index is 0.122. The molecule has 6 heteroatoms. The molecule has 1 unspecified atom stereocenters. The molecule has 0 amide bonds. The summed E-state index contributed by atoms with van der Waals surface area (Å²) in [6.45, 7) is 1.79. The molecule has 2 rings (SSSR count). The predicted octanol–water partition coefficient (Wildman–Crippen LogP) is 0.123. The summed E-state index contributed by atoms with van der Waals surface area (Å²) >= 11 is 0. The standard InChI is InChI=1S/C11H12N4O2/c1-7(8-4-2-3-5-13-8)15-9(12)6-10(16)14-11(15)17/h2-7H,12H2,1H3,(H,14,16,17). The monoisotopic (exact) mass is 232 g/mol. The topological polar surface area (TPSA) is 93.8 Å². The molecular formula is C11H12N4O2. The van der Waals surface area contributed by atoms with Crippen LogP contribution in [0.25, 0.3) is 0 Å². The van der Waals surface area contributed by atoms with Crippen LogP contribution in [0.3, 0.4) is 0 Å². The maximum absolute atomic E-state index is 11.7. The first-order valence-corrected chi connectivity index (χ1v) is 5.12. The molecule has 0 aliphatic carbocycles. The molecular weight excluding hydrogens is 220 g/mol. The van der Waals surface area contributed by atoms with Gasteiger partial charge in [-0.1, -0.05) is 6.07 Å². The third-order valence-electron chi connectivity index (χ3n) is 2.51. The second kappa shape index (κ2) is 4.25. The van der Waals surface area contributed by atoms with E-state index in [1.807, 2.05) is 6.07 Å². The highest BCUT2D eigenvalue weighted by atomic mass is 16.2. The minimum atomic E-state index is -0.534. The molecule has 1 atom stereocenters. The summed E-state index contributed by atoms with van der Waals surface area (Å²) in [7, 11) is 0. The number of H-pyrrole nitrogens is 1. The zero-order valence-corrected chi connectivity index (χ0v) is 9.25. The third kappa shape index (κ3) is 2.10. The Morgan fingerprint density at radius 2 is 2.18 bits per heavy atom. The van der Waals surface area contributed by atoms with E-state index in [4.69, 9.17) is 5.73 Å². The van der Waals surface area contributed by atoms with Gasteiger partial charge in [0, 0.05) is 12.3 Å². The maximum Gasteiger partial charge on any atom is 0.330 e. The van der Waals surface area contributed by atoms with Gasteiger partial charge in [0.05, 0.1) is 11.7 Å². The molecule has 0 fully saturated rings. The predicted molar refractivity (Wildman–Crippen MR) is 63.8 cm³/mol. The van der Waals surface area contributed by atoms with E-state index in [0.29, 0.717) is 5.69 Å². The van der Waals surface area contributed by atoms with Crippen molar-refractivity contribution in [3.05, 3.63) is 57.0 Å². The van der Waals surface area contributed by atoms with E-state index in [-0.39, 0.29) is 11.9 Å². The van der Waals surface area contributed by atoms with Crippen molar-refractivity contribution in [2.24, 2.45) is 0 Å². The summed E-state index contributed by atoms with van der Waals surface area (Å²) in [6.07, 6.45) is 1.64. The van der Waals surface area contributed by atoms with Crippen LogP contribution >= 0.6 is 0 Å². The van der Waals surface area contributed by atoms with E-state index >= 15 is 0 Å². The Labute approximate surface area is 96.8 Å². The van der Waals surface area contributed by atoms with E-state index in [1.54, 1.807) is 25.3 Å². The molecule has 0 bridgehead atoms. The van der Waals surface area contributed by atoms with Crippen LogP contribution in [-0.4, -0.2) is 14.5 Å². The molecule has 17 heavy (non-hydrogen) atoms. The molecule has 88 valence electrons. The second-order valence-electron chi connectivity index (χ2n) is 3.66. The molecule has 2 aromatic heterocycles. The molecule has 0 aromatic carbocycles. The van der Waals surface area contributed by atoms with Crippen LogP contribution in [0.5, 0.6) is 0 Å². The van der Waals surface area contributed by atoms with E-state index in [9.17, 15) is 9.59 Å². The molecule has 0 saturated carbocycles. The summed E-state index contributed by atoms with van der Waals surface area (Å²) in [4.78, 5) is 29.1. The summed E-state index contributed by atoms with van der Waals surface area (Å²) < 4.78 is 1.30. The Morgan fingerprint density at radius 1 is 1.41 bits per heavy atom. The number of nitrogens with two attached hydrogens (primary N) is 1. The first-order valence-electron chi connectivity index (χ1n) is 5.12. The highest BCUT2D eigenvalue weighted by Gasteiger charge is 2.13. The largest absolute Gasteiger partial charge is 0.385 e. The molecule has 0 saturated heterocycles. The first-order chi connectivity index (χ1) is 8.09. The quantitative estimate of drug-likeness (QED) is 0.769. The smallest absolute Gasteiger partial charge is 0.330 e. The highest BCUT2D eigenvalue weighted by molar-refractivity contribution is 5.28. The molecule has 2 aromatic rings. The fourth-order valence-corrected chi connectivity index (χ4v) is 1.68. The number of hydrogen-bond donors (Lipinski definition) is 2. The summed E-state index contributed by atoms with van der Waals surface area (Å²) in [5.74, 6) is 0.122. The van der Waals surface area contributed by atoms with E-state index in [2.05, 4.69) is 9.97 Å². The Kier molecular flexibility index (Phi) is 2.78. The second-order valence-corrected chi connectivity index (χ2v) is 3.66. The van der Waals surface area contributed by atoms with E-state index < -0.39 is 11.2 Å². The van der Waals surface area contributed by atoms with Gasteiger partial charge in [-0.15, -0.1) is 0 Å². The molecule has 2 heterocycles. The molecule has 3 N–H and O–H groups in total. The lowest BCUT2D eigenvalue weighted by atomic mass is 10.2. The summed E-state index contributed by atoms with van der Waals surface area (Å²) in [5, 5.41) is 0. The van der Waals surface area contributed by atoms with Gasteiger partial charge in [-0.05, 0) is 19.1 Å². The van der Waals surface area contributed by atoms with Crippen LogP contribution in [0.4, 0.5) is 5.82 Å². The summed E-state index contributed by atoms with van der Waals surface area (Å²) in [5.41, 5.74) is 5.34. The highest BCUT2D eigenvalue weighted by Crippen LogP contribution is 2.14. The van der Waals surface area contributed by atoms with Crippen molar-refractivity contribution in [1.29, 1.82) is 0 Å². The van der Waals surface area contributed by atoms with Gasteiger partial charge >= 0.3 is 5.69 Å². The van der Waals surface area contributed by atoms with Crippen LogP contribution in [-0.2, 0) is 0 Å². The number of aromatic nitrogens is 3. The average Bonchev–Trinajstić information content (AvgIpc) is 2.28. The van der Waals surface area contributed by atoms with Crippen molar-refractivity contribution in [3.8, 4) is 0 Å². The van der Waals surface area contributed by atoms with E-state index in [0.717, 1.165) is 0 Å². The zero-order chi connectivity index (χ0) is 12.4. The van der Waals surface area contributed by atoms with Crippen LogP contribution in [0, 0.1) is 0 Å². The number of pyridine rings is 1. The van der Waals surface area contributed by atoms with E-state index in [1.165, 1.54) is 10.6 Å². The van der Waals surface area contributed by atoms with Gasteiger partial charge in [0.15, 0.2) is 0 Å². The Balaban J connectivity index is 2.56. The molecule has 0 spiro atoms. The van der Waals surface area contributed by atoms with Gasteiger partial charge in [0.2, 0.25) is 0 Å². The number of nitrogens with one attached hydrogen (secondary N) is 1. The van der Waals surface area contributed by atoms with Gasteiger partial charge in [-0.3, -0.25) is 19.3 Å². The summed E-state index contributed by atoms with van der Waals surface area (Å²) in [6, 6.07) is 6.25. The molecule has 0 radical (unpaired) electrons. The lowest BCUT2D eigenvalue weighted by molar-refractivity contribution is 0.589. The fraction of sp³-hybridized carbons (Fsp3) is 0.182. The van der Waals surface area contributed by atoms with Crippen LogP contribution in [0.1, 0.15) is 18.7 Å². The SMILES string of the molecule is CC(c1ccccn1)n1c(N)cc(=O)[nH]c1=O. The Bertz CT molecular complexity index is 630. The van der Waals surface area contributed by atoms with Crippen LogP contribution in [0.2, 0.25) is 0 Å². The van der Waals surface area contributed by atoms with Crippen molar-refractivity contribution >= 4 is 5.82 Å². The minimum Gasteiger partial charge on any atom is -0.385 e. The van der Waals surface area contributed by atoms with Crippen LogP contribution < -0.4 is 17.0 Å². The van der Waals surface area contributed by atoms with Crippen molar-refractivity contribution in [2.45, 2.75) is 13.0 Å². The first kappa shape index (κ1) is 11.1. The zero-order valence-electron chi connectivity index (χ0n) is 9.25. The lowest BCUT2D eigenvalue weighted by Crippen LogP contribution is -2.33. The number of aromatic amines is 1. The van der Waals surface area contributed by atoms with Crippen molar-refractivity contribution < 1.29 is 0 Å².